The van der Waals surface area contributed by atoms with Crippen LogP contribution in [0.3, 0.4) is 0 Å². The molecule has 3 aromatic rings. The van der Waals surface area contributed by atoms with E-state index in [9.17, 15) is 9.59 Å². The SMILES string of the molecule is Cc1ccnc2nc(C(=O)NCCNC(=O)c3ccco3)nn12. The fourth-order valence-electron chi connectivity index (χ4n) is 1.93. The standard InChI is InChI=1S/C14H14N6O3/c1-9-4-5-17-14-18-11(19-20(9)14)13(22)16-7-6-15-12(21)10-3-2-8-23-10/h2-5,8H,6-7H2,1H3,(H,15,21)(H,16,22). The number of rotatable bonds is 5. The van der Waals surface area contributed by atoms with Gasteiger partial charge in [-0.3, -0.25) is 9.59 Å². The summed E-state index contributed by atoms with van der Waals surface area (Å²) in [6.07, 6.45) is 3.02. The van der Waals surface area contributed by atoms with Crippen LogP contribution < -0.4 is 10.6 Å². The Morgan fingerprint density at radius 1 is 1.22 bits per heavy atom. The van der Waals surface area contributed by atoms with Gasteiger partial charge in [-0.25, -0.2) is 9.50 Å². The first-order chi connectivity index (χ1) is 11.1. The Morgan fingerprint density at radius 2 is 2.00 bits per heavy atom. The molecule has 3 rings (SSSR count). The average Bonchev–Trinajstić information content (AvgIpc) is 3.20. The van der Waals surface area contributed by atoms with Crippen LogP contribution in [0.1, 0.15) is 26.9 Å². The predicted molar refractivity (Wildman–Crippen MR) is 78.9 cm³/mol. The van der Waals surface area contributed by atoms with E-state index < -0.39 is 5.91 Å². The summed E-state index contributed by atoms with van der Waals surface area (Å²) in [7, 11) is 0. The number of aromatic nitrogens is 4. The molecule has 0 unspecified atom stereocenters. The van der Waals surface area contributed by atoms with Gasteiger partial charge in [-0.15, -0.1) is 5.10 Å². The third-order valence-corrected chi connectivity index (χ3v) is 3.07. The smallest absolute Gasteiger partial charge is 0.291 e. The Bertz CT molecular complexity index is 839. The number of hydrogen-bond acceptors (Lipinski definition) is 6. The monoisotopic (exact) mass is 314 g/mol. The molecule has 0 saturated heterocycles. The Morgan fingerprint density at radius 3 is 2.70 bits per heavy atom. The third-order valence-electron chi connectivity index (χ3n) is 3.07. The van der Waals surface area contributed by atoms with Gasteiger partial charge in [0.05, 0.1) is 6.26 Å². The molecule has 0 saturated carbocycles. The van der Waals surface area contributed by atoms with Gasteiger partial charge < -0.3 is 15.1 Å². The lowest BCUT2D eigenvalue weighted by Crippen LogP contribution is -2.35. The van der Waals surface area contributed by atoms with Gasteiger partial charge in [-0.05, 0) is 25.1 Å². The summed E-state index contributed by atoms with van der Waals surface area (Å²) in [5.74, 6) is -0.151. The summed E-state index contributed by atoms with van der Waals surface area (Å²) in [6, 6.07) is 4.96. The minimum absolute atomic E-state index is 0.0316. The van der Waals surface area contributed by atoms with Crippen LogP contribution in [0.25, 0.3) is 5.78 Å². The molecule has 23 heavy (non-hydrogen) atoms. The van der Waals surface area contributed by atoms with E-state index in [0.717, 1.165) is 5.69 Å². The number of nitrogens with one attached hydrogen (secondary N) is 2. The highest BCUT2D eigenvalue weighted by molar-refractivity contribution is 5.92. The zero-order chi connectivity index (χ0) is 16.2. The van der Waals surface area contributed by atoms with E-state index in [-0.39, 0.29) is 30.6 Å². The summed E-state index contributed by atoms with van der Waals surface area (Å²) in [4.78, 5) is 31.7. The maximum absolute atomic E-state index is 12.0. The van der Waals surface area contributed by atoms with Crippen LogP contribution in [0.5, 0.6) is 0 Å². The lowest BCUT2D eigenvalue weighted by molar-refractivity contribution is 0.0907. The normalized spacial score (nSPS) is 10.7. The van der Waals surface area contributed by atoms with Crippen molar-refractivity contribution in [3.05, 3.63) is 47.9 Å². The summed E-state index contributed by atoms with van der Waals surface area (Å²) in [5, 5.41) is 9.35. The molecule has 0 fully saturated rings. The molecule has 0 aromatic carbocycles. The van der Waals surface area contributed by atoms with E-state index >= 15 is 0 Å². The number of nitrogens with zero attached hydrogens (tertiary/aromatic N) is 4. The highest BCUT2D eigenvalue weighted by Crippen LogP contribution is 2.01. The Balaban J connectivity index is 1.52. The number of fused-ring (bicyclic) bond motifs is 1. The maximum atomic E-state index is 12.0. The number of carbonyl (C=O) groups excluding carboxylic acids is 2. The van der Waals surface area contributed by atoms with Gasteiger partial charge in [-0.1, -0.05) is 0 Å². The zero-order valence-corrected chi connectivity index (χ0v) is 12.3. The van der Waals surface area contributed by atoms with E-state index in [4.69, 9.17) is 4.42 Å². The lowest BCUT2D eigenvalue weighted by Gasteiger charge is -2.04. The fourth-order valence-corrected chi connectivity index (χ4v) is 1.93. The lowest BCUT2D eigenvalue weighted by atomic mass is 10.4. The Kier molecular flexibility index (Phi) is 4.00. The van der Waals surface area contributed by atoms with Crippen molar-refractivity contribution in [1.29, 1.82) is 0 Å². The molecule has 0 atom stereocenters. The summed E-state index contributed by atoms with van der Waals surface area (Å²) >= 11 is 0. The van der Waals surface area contributed by atoms with Gasteiger partial charge in [0.25, 0.3) is 17.6 Å². The fraction of sp³-hybridized carbons (Fsp3) is 0.214. The molecule has 3 heterocycles. The first-order valence-electron chi connectivity index (χ1n) is 6.93. The van der Waals surface area contributed by atoms with E-state index in [1.54, 1.807) is 24.4 Å². The molecule has 9 nitrogen and oxygen atoms in total. The van der Waals surface area contributed by atoms with Crippen molar-refractivity contribution in [2.45, 2.75) is 6.92 Å². The second-order valence-corrected chi connectivity index (χ2v) is 4.72. The molecule has 118 valence electrons. The summed E-state index contributed by atoms with van der Waals surface area (Å²) in [5.41, 5.74) is 0.826. The molecule has 0 bridgehead atoms. The van der Waals surface area contributed by atoms with Gasteiger partial charge in [0.1, 0.15) is 0 Å². The largest absolute Gasteiger partial charge is 0.459 e. The van der Waals surface area contributed by atoms with Crippen molar-refractivity contribution >= 4 is 17.6 Å². The zero-order valence-electron chi connectivity index (χ0n) is 12.3. The van der Waals surface area contributed by atoms with Crippen LogP contribution in [0.15, 0.2) is 35.1 Å². The third kappa shape index (κ3) is 3.18. The summed E-state index contributed by atoms with van der Waals surface area (Å²) in [6.45, 7) is 2.35. The maximum Gasteiger partial charge on any atom is 0.291 e. The van der Waals surface area contributed by atoms with E-state index in [1.165, 1.54) is 10.8 Å². The number of furan rings is 1. The van der Waals surface area contributed by atoms with E-state index in [0.29, 0.717) is 5.78 Å². The van der Waals surface area contributed by atoms with Gasteiger partial charge in [0.15, 0.2) is 5.76 Å². The number of hydrogen-bond donors (Lipinski definition) is 2. The van der Waals surface area contributed by atoms with Crippen LogP contribution in [0.2, 0.25) is 0 Å². The van der Waals surface area contributed by atoms with Crippen LogP contribution >= 0.6 is 0 Å². The first kappa shape index (κ1) is 14.7. The number of carbonyl (C=O) groups is 2. The Labute approximate surface area is 130 Å². The van der Waals surface area contributed by atoms with Crippen molar-refractivity contribution < 1.29 is 14.0 Å². The van der Waals surface area contributed by atoms with Crippen molar-refractivity contribution in [2.75, 3.05) is 13.1 Å². The quantitative estimate of drug-likeness (QED) is 0.650. The second-order valence-electron chi connectivity index (χ2n) is 4.72. The minimum atomic E-state index is -0.429. The Hall–Kier alpha value is -3.23. The topological polar surface area (TPSA) is 114 Å². The highest BCUT2D eigenvalue weighted by atomic mass is 16.3. The molecule has 2 amide bonds. The number of aryl methyl sites for hydroxylation is 1. The van der Waals surface area contributed by atoms with Gasteiger partial charge >= 0.3 is 0 Å². The van der Waals surface area contributed by atoms with Crippen molar-refractivity contribution in [2.24, 2.45) is 0 Å². The van der Waals surface area contributed by atoms with Gasteiger partial charge in [-0.2, -0.15) is 4.98 Å². The van der Waals surface area contributed by atoms with Crippen molar-refractivity contribution in [3.8, 4) is 0 Å². The molecule has 0 aliphatic rings. The summed E-state index contributed by atoms with van der Waals surface area (Å²) < 4.78 is 6.45. The van der Waals surface area contributed by atoms with E-state index in [1.807, 2.05) is 6.92 Å². The predicted octanol–water partition coefficient (Wildman–Crippen LogP) is 0.186. The molecule has 0 radical (unpaired) electrons. The molecule has 0 aliphatic heterocycles. The average molecular weight is 314 g/mol. The number of amides is 2. The molecule has 0 aliphatic carbocycles. The molecule has 2 N–H and O–H groups in total. The molecule has 9 heteroatoms. The van der Waals surface area contributed by atoms with Gasteiger partial charge in [0.2, 0.25) is 5.82 Å². The van der Waals surface area contributed by atoms with Crippen LogP contribution in [0, 0.1) is 6.92 Å². The van der Waals surface area contributed by atoms with E-state index in [2.05, 4.69) is 25.7 Å². The second kappa shape index (κ2) is 6.26. The first-order valence-corrected chi connectivity index (χ1v) is 6.93. The van der Waals surface area contributed by atoms with Crippen molar-refractivity contribution in [1.82, 2.24) is 30.2 Å². The van der Waals surface area contributed by atoms with Crippen LogP contribution in [-0.2, 0) is 0 Å². The molecule has 0 spiro atoms. The molecule has 3 aromatic heterocycles. The molecular formula is C14H14N6O3. The molecular weight excluding hydrogens is 300 g/mol. The van der Waals surface area contributed by atoms with Gasteiger partial charge in [0, 0.05) is 25.0 Å². The highest BCUT2D eigenvalue weighted by Gasteiger charge is 2.14. The van der Waals surface area contributed by atoms with Crippen LogP contribution in [-0.4, -0.2) is 44.5 Å². The van der Waals surface area contributed by atoms with Crippen molar-refractivity contribution in [3.63, 3.8) is 0 Å². The minimum Gasteiger partial charge on any atom is -0.459 e. The van der Waals surface area contributed by atoms with Crippen LogP contribution in [0.4, 0.5) is 0 Å².